The van der Waals surface area contributed by atoms with Crippen LogP contribution in [-0.2, 0) is 11.3 Å². The lowest BCUT2D eigenvalue weighted by molar-refractivity contribution is -0.122. The molecule has 20 heavy (non-hydrogen) atoms. The van der Waals surface area contributed by atoms with E-state index in [4.69, 9.17) is 0 Å². The molecule has 0 saturated carbocycles. The number of aliphatic hydroxyl groups is 1. The SMILES string of the molecule is Cc1cc(CNC(=O)CN(C)CC(C)(C)O)ccc1F. The third-order valence-corrected chi connectivity index (χ3v) is 2.78. The van der Waals surface area contributed by atoms with Crippen LogP contribution in [0.1, 0.15) is 25.0 Å². The summed E-state index contributed by atoms with van der Waals surface area (Å²) in [5.41, 5.74) is 0.599. The zero-order valence-electron chi connectivity index (χ0n) is 12.5. The molecule has 0 bridgehead atoms. The van der Waals surface area contributed by atoms with Crippen LogP contribution in [-0.4, -0.2) is 41.7 Å². The van der Waals surface area contributed by atoms with E-state index in [2.05, 4.69) is 5.32 Å². The molecule has 5 heteroatoms. The van der Waals surface area contributed by atoms with Gasteiger partial charge in [0, 0.05) is 13.1 Å². The van der Waals surface area contributed by atoms with Crippen molar-refractivity contribution >= 4 is 5.91 Å². The maximum Gasteiger partial charge on any atom is 0.234 e. The first-order valence-electron chi connectivity index (χ1n) is 6.60. The van der Waals surface area contributed by atoms with E-state index in [0.29, 0.717) is 18.7 Å². The maximum atomic E-state index is 13.1. The molecule has 0 unspecified atom stereocenters. The number of hydrogen-bond acceptors (Lipinski definition) is 3. The van der Waals surface area contributed by atoms with E-state index in [-0.39, 0.29) is 18.3 Å². The van der Waals surface area contributed by atoms with Crippen LogP contribution in [0.2, 0.25) is 0 Å². The van der Waals surface area contributed by atoms with Gasteiger partial charge in [-0.25, -0.2) is 4.39 Å². The van der Waals surface area contributed by atoms with Crippen molar-refractivity contribution < 1.29 is 14.3 Å². The molecular weight excluding hydrogens is 259 g/mol. The molecule has 4 nitrogen and oxygen atoms in total. The Morgan fingerprint density at radius 2 is 2.10 bits per heavy atom. The second-order valence-electron chi connectivity index (χ2n) is 5.84. The van der Waals surface area contributed by atoms with E-state index >= 15 is 0 Å². The van der Waals surface area contributed by atoms with Crippen molar-refractivity contribution in [1.29, 1.82) is 0 Å². The van der Waals surface area contributed by atoms with Gasteiger partial charge in [0.1, 0.15) is 5.82 Å². The van der Waals surface area contributed by atoms with Gasteiger partial charge in [-0.3, -0.25) is 9.69 Å². The molecule has 0 heterocycles. The Balaban J connectivity index is 2.41. The Kier molecular flexibility index (Phi) is 5.65. The van der Waals surface area contributed by atoms with Gasteiger partial charge >= 0.3 is 0 Å². The molecule has 0 aliphatic carbocycles. The van der Waals surface area contributed by atoms with Crippen molar-refractivity contribution in [3.63, 3.8) is 0 Å². The van der Waals surface area contributed by atoms with E-state index in [1.54, 1.807) is 44.9 Å². The summed E-state index contributed by atoms with van der Waals surface area (Å²) in [6.45, 7) is 6.08. The minimum atomic E-state index is -0.830. The summed E-state index contributed by atoms with van der Waals surface area (Å²) in [6, 6.07) is 4.77. The van der Waals surface area contributed by atoms with E-state index < -0.39 is 5.60 Å². The van der Waals surface area contributed by atoms with E-state index in [1.165, 1.54) is 6.07 Å². The third-order valence-electron chi connectivity index (χ3n) is 2.78. The molecule has 1 aromatic rings. The largest absolute Gasteiger partial charge is 0.389 e. The number of benzene rings is 1. The number of halogens is 1. The number of nitrogens with one attached hydrogen (secondary N) is 1. The van der Waals surface area contributed by atoms with E-state index in [1.807, 2.05) is 0 Å². The van der Waals surface area contributed by atoms with Gasteiger partial charge in [0.15, 0.2) is 0 Å². The van der Waals surface area contributed by atoms with Crippen molar-refractivity contribution in [2.75, 3.05) is 20.1 Å². The minimum absolute atomic E-state index is 0.126. The van der Waals surface area contributed by atoms with Gasteiger partial charge in [-0.2, -0.15) is 0 Å². The predicted molar refractivity (Wildman–Crippen MR) is 76.8 cm³/mol. The number of carbonyl (C=O) groups excluding carboxylic acids is 1. The first-order chi connectivity index (χ1) is 9.17. The summed E-state index contributed by atoms with van der Waals surface area (Å²) in [5.74, 6) is -0.372. The summed E-state index contributed by atoms with van der Waals surface area (Å²) in [6.07, 6.45) is 0. The zero-order valence-corrected chi connectivity index (χ0v) is 12.5. The van der Waals surface area contributed by atoms with Crippen LogP contribution in [0.25, 0.3) is 0 Å². The van der Waals surface area contributed by atoms with Gasteiger partial charge in [0.2, 0.25) is 5.91 Å². The van der Waals surface area contributed by atoms with Gasteiger partial charge < -0.3 is 10.4 Å². The van der Waals surface area contributed by atoms with Crippen molar-refractivity contribution in [1.82, 2.24) is 10.2 Å². The minimum Gasteiger partial charge on any atom is -0.389 e. The molecule has 1 aromatic carbocycles. The van der Waals surface area contributed by atoms with Crippen LogP contribution in [0, 0.1) is 12.7 Å². The molecule has 2 N–H and O–H groups in total. The zero-order chi connectivity index (χ0) is 15.3. The summed E-state index contributed by atoms with van der Waals surface area (Å²) in [4.78, 5) is 13.5. The topological polar surface area (TPSA) is 52.6 Å². The van der Waals surface area contributed by atoms with Gasteiger partial charge in [-0.1, -0.05) is 12.1 Å². The molecule has 1 amide bonds. The lowest BCUT2D eigenvalue weighted by atomic mass is 10.1. The molecule has 0 radical (unpaired) electrons. The molecule has 0 aliphatic rings. The van der Waals surface area contributed by atoms with Gasteiger partial charge in [0.25, 0.3) is 0 Å². The highest BCUT2D eigenvalue weighted by Crippen LogP contribution is 2.09. The average Bonchev–Trinajstić information content (AvgIpc) is 2.28. The second-order valence-corrected chi connectivity index (χ2v) is 5.84. The molecular formula is C15H23FN2O2. The molecule has 0 saturated heterocycles. The highest BCUT2D eigenvalue weighted by Gasteiger charge is 2.17. The van der Waals surface area contributed by atoms with Crippen LogP contribution >= 0.6 is 0 Å². The Labute approximate surface area is 119 Å². The Bertz CT molecular complexity index is 469. The number of likely N-dealkylation sites (N-methyl/N-ethyl adjacent to an activating group) is 1. The summed E-state index contributed by atoms with van der Waals surface area (Å²) in [7, 11) is 1.78. The Hall–Kier alpha value is -1.46. The number of nitrogens with zero attached hydrogens (tertiary/aromatic N) is 1. The first-order valence-corrected chi connectivity index (χ1v) is 6.60. The maximum absolute atomic E-state index is 13.1. The van der Waals surface area contributed by atoms with Gasteiger partial charge in [-0.05, 0) is 45.0 Å². The standard InChI is InChI=1S/C15H23FN2O2/c1-11-7-12(5-6-13(11)16)8-17-14(19)9-18(4)10-15(2,3)20/h5-7,20H,8-10H2,1-4H3,(H,17,19). The summed E-state index contributed by atoms with van der Waals surface area (Å²) < 4.78 is 13.1. The lowest BCUT2D eigenvalue weighted by Gasteiger charge is -2.24. The third kappa shape index (κ3) is 6.12. The fourth-order valence-electron chi connectivity index (χ4n) is 2.03. The molecule has 112 valence electrons. The molecule has 0 atom stereocenters. The number of carbonyl (C=O) groups is 1. The highest BCUT2D eigenvalue weighted by molar-refractivity contribution is 5.77. The summed E-state index contributed by atoms with van der Waals surface area (Å²) in [5, 5.41) is 12.4. The summed E-state index contributed by atoms with van der Waals surface area (Å²) >= 11 is 0. The Morgan fingerprint density at radius 3 is 2.65 bits per heavy atom. The number of rotatable bonds is 6. The number of amides is 1. The second kappa shape index (κ2) is 6.81. The predicted octanol–water partition coefficient (Wildman–Crippen LogP) is 1.45. The van der Waals surface area contributed by atoms with Crippen molar-refractivity contribution in [2.24, 2.45) is 0 Å². The average molecular weight is 282 g/mol. The van der Waals surface area contributed by atoms with Crippen LogP contribution in [0.15, 0.2) is 18.2 Å². The van der Waals surface area contributed by atoms with Crippen LogP contribution < -0.4 is 5.32 Å². The molecule has 0 aromatic heterocycles. The molecule has 0 aliphatic heterocycles. The number of aryl methyl sites for hydroxylation is 1. The fourth-order valence-corrected chi connectivity index (χ4v) is 2.03. The van der Waals surface area contributed by atoms with Crippen molar-refractivity contribution in [2.45, 2.75) is 32.9 Å². The van der Waals surface area contributed by atoms with Crippen LogP contribution in [0.5, 0.6) is 0 Å². The van der Waals surface area contributed by atoms with Crippen molar-refractivity contribution in [3.8, 4) is 0 Å². The lowest BCUT2D eigenvalue weighted by Crippen LogP contribution is -2.41. The van der Waals surface area contributed by atoms with Crippen LogP contribution in [0.3, 0.4) is 0 Å². The number of hydrogen-bond donors (Lipinski definition) is 2. The highest BCUT2D eigenvalue weighted by atomic mass is 19.1. The van der Waals surface area contributed by atoms with Crippen molar-refractivity contribution in [3.05, 3.63) is 35.1 Å². The van der Waals surface area contributed by atoms with Crippen LogP contribution in [0.4, 0.5) is 4.39 Å². The first kappa shape index (κ1) is 16.6. The van der Waals surface area contributed by atoms with Gasteiger partial charge in [-0.15, -0.1) is 0 Å². The monoisotopic (exact) mass is 282 g/mol. The molecule has 0 spiro atoms. The Morgan fingerprint density at radius 1 is 1.45 bits per heavy atom. The van der Waals surface area contributed by atoms with E-state index in [9.17, 15) is 14.3 Å². The normalized spacial score (nSPS) is 11.8. The smallest absolute Gasteiger partial charge is 0.234 e. The molecule has 0 fully saturated rings. The fraction of sp³-hybridized carbons (Fsp3) is 0.533. The van der Waals surface area contributed by atoms with E-state index in [0.717, 1.165) is 5.56 Å². The quantitative estimate of drug-likeness (QED) is 0.830. The molecule has 1 rings (SSSR count). The van der Waals surface area contributed by atoms with Gasteiger partial charge in [0.05, 0.1) is 12.1 Å².